The minimum atomic E-state index is 0. The first-order valence-electron chi connectivity index (χ1n) is 5.61. The number of ether oxygens (including phenoxy) is 1. The van der Waals surface area contributed by atoms with Crippen molar-refractivity contribution in [3.63, 3.8) is 0 Å². The van der Waals surface area contributed by atoms with Gasteiger partial charge in [0.15, 0.2) is 0 Å². The summed E-state index contributed by atoms with van der Waals surface area (Å²) in [5, 5.41) is 3.36. The summed E-state index contributed by atoms with van der Waals surface area (Å²) in [6.45, 7) is 7.66. The van der Waals surface area contributed by atoms with Crippen LogP contribution in [0, 0.1) is 0 Å². The fourth-order valence-corrected chi connectivity index (χ4v) is 1.77. The van der Waals surface area contributed by atoms with Gasteiger partial charge in [-0.2, -0.15) is 0 Å². The number of rotatable bonds is 5. The summed E-state index contributed by atoms with van der Waals surface area (Å²) in [5.74, 6) is 0. The van der Waals surface area contributed by atoms with E-state index in [9.17, 15) is 0 Å². The topological polar surface area (TPSA) is 21.3 Å². The van der Waals surface area contributed by atoms with E-state index in [1.165, 1.54) is 32.1 Å². The first-order valence-corrected chi connectivity index (χ1v) is 5.61. The van der Waals surface area contributed by atoms with E-state index < -0.39 is 0 Å². The Morgan fingerprint density at radius 1 is 1.29 bits per heavy atom. The van der Waals surface area contributed by atoms with Gasteiger partial charge in [-0.3, -0.25) is 0 Å². The molecule has 2 nitrogen and oxygen atoms in total. The van der Waals surface area contributed by atoms with Gasteiger partial charge in [0.2, 0.25) is 0 Å². The molecule has 86 valence electrons. The van der Waals surface area contributed by atoms with Crippen molar-refractivity contribution in [1.29, 1.82) is 0 Å². The lowest BCUT2D eigenvalue weighted by atomic mass is 9.94. The molecular formula is C11H24ClNO. The van der Waals surface area contributed by atoms with Crippen LogP contribution in [-0.4, -0.2) is 25.3 Å². The second kappa shape index (κ2) is 7.49. The van der Waals surface area contributed by atoms with E-state index in [4.69, 9.17) is 4.74 Å². The van der Waals surface area contributed by atoms with Gasteiger partial charge in [-0.1, -0.05) is 19.8 Å². The Morgan fingerprint density at radius 2 is 1.93 bits per heavy atom. The molecule has 0 bridgehead atoms. The van der Waals surface area contributed by atoms with Crippen LogP contribution < -0.4 is 17.7 Å². The van der Waals surface area contributed by atoms with E-state index >= 15 is 0 Å². The van der Waals surface area contributed by atoms with Crippen molar-refractivity contribution in [3.05, 3.63) is 0 Å². The van der Waals surface area contributed by atoms with Crippen molar-refractivity contribution in [2.75, 3.05) is 19.7 Å². The van der Waals surface area contributed by atoms with Gasteiger partial charge in [0, 0.05) is 6.61 Å². The highest BCUT2D eigenvalue weighted by Gasteiger charge is 2.26. The van der Waals surface area contributed by atoms with Crippen LogP contribution in [0.5, 0.6) is 0 Å². The van der Waals surface area contributed by atoms with E-state index in [-0.39, 0.29) is 19.4 Å². The molecule has 0 radical (unpaired) electrons. The van der Waals surface area contributed by atoms with Crippen molar-refractivity contribution in [1.82, 2.24) is 5.32 Å². The highest BCUT2D eigenvalue weighted by Crippen LogP contribution is 2.22. The minimum absolute atomic E-state index is 0. The zero-order valence-electron chi connectivity index (χ0n) is 10.4. The fraction of sp³-hybridized carbons (Fsp3) is 1.00. The molecular weight excluding hydrogens is 198 g/mol. The van der Waals surface area contributed by atoms with Gasteiger partial charge in [-0.25, -0.2) is 0 Å². The van der Waals surface area contributed by atoms with Crippen LogP contribution >= 0.6 is 0 Å². The van der Waals surface area contributed by atoms with Gasteiger partial charge in [0.1, 0.15) is 0 Å². The Morgan fingerprint density at radius 3 is 2.50 bits per heavy atom. The third-order valence-electron chi connectivity index (χ3n) is 2.86. The first-order chi connectivity index (χ1) is 6.27. The predicted molar refractivity (Wildman–Crippen MR) is 57.1 cm³/mol. The highest BCUT2D eigenvalue weighted by atomic mass is 35.5. The molecule has 14 heavy (non-hydrogen) atoms. The van der Waals surface area contributed by atoms with Crippen LogP contribution in [0.25, 0.3) is 0 Å². The molecule has 1 N–H and O–H groups in total. The SMILES string of the molecule is CCCCCOC1(C)CCNCC1.[Cl-].[H+]. The zero-order valence-corrected chi connectivity index (χ0v) is 10.2. The predicted octanol–water partition coefficient (Wildman–Crippen LogP) is -0.548. The molecule has 0 aliphatic carbocycles. The van der Waals surface area contributed by atoms with Gasteiger partial charge in [-0.15, -0.1) is 0 Å². The lowest BCUT2D eigenvalue weighted by Gasteiger charge is -2.34. The van der Waals surface area contributed by atoms with Crippen molar-refractivity contribution >= 4 is 0 Å². The number of nitrogens with one attached hydrogen (secondary N) is 1. The van der Waals surface area contributed by atoms with E-state index in [2.05, 4.69) is 19.2 Å². The standard InChI is InChI=1S/C11H23NO.ClH/c1-3-4-5-10-13-11(2)6-8-12-9-7-11;/h12H,3-10H2,1-2H3;1H. The van der Waals surface area contributed by atoms with Gasteiger partial charge < -0.3 is 22.5 Å². The fourth-order valence-electron chi connectivity index (χ4n) is 1.77. The molecule has 1 aliphatic rings. The molecule has 1 rings (SSSR count). The monoisotopic (exact) mass is 221 g/mol. The maximum absolute atomic E-state index is 5.93. The molecule has 0 aromatic heterocycles. The van der Waals surface area contributed by atoms with Gasteiger partial charge in [-0.05, 0) is 39.3 Å². The maximum atomic E-state index is 5.93. The number of halogens is 1. The van der Waals surface area contributed by atoms with E-state index in [1.54, 1.807) is 0 Å². The maximum Gasteiger partial charge on any atom is 1.00 e. The molecule has 0 atom stereocenters. The number of piperidine rings is 1. The van der Waals surface area contributed by atoms with Crippen LogP contribution in [0.4, 0.5) is 0 Å². The largest absolute Gasteiger partial charge is 1.00 e. The number of hydrogen-bond donors (Lipinski definition) is 1. The third kappa shape index (κ3) is 5.18. The molecule has 1 aliphatic heterocycles. The van der Waals surface area contributed by atoms with Crippen LogP contribution in [-0.2, 0) is 4.74 Å². The first kappa shape index (κ1) is 14.2. The van der Waals surface area contributed by atoms with E-state index in [0.29, 0.717) is 0 Å². The zero-order chi connectivity index (χ0) is 9.57. The summed E-state index contributed by atoms with van der Waals surface area (Å²) in [6, 6.07) is 0. The molecule has 3 heteroatoms. The summed E-state index contributed by atoms with van der Waals surface area (Å²) < 4.78 is 5.93. The molecule has 0 aromatic rings. The lowest BCUT2D eigenvalue weighted by Crippen LogP contribution is -3.00. The molecule has 1 heterocycles. The summed E-state index contributed by atoms with van der Waals surface area (Å²) >= 11 is 0. The summed E-state index contributed by atoms with van der Waals surface area (Å²) in [4.78, 5) is 0. The number of unbranched alkanes of at least 4 members (excludes halogenated alkanes) is 2. The second-order valence-electron chi connectivity index (χ2n) is 4.26. The quantitative estimate of drug-likeness (QED) is 0.630. The highest BCUT2D eigenvalue weighted by molar-refractivity contribution is 4.81. The Hall–Kier alpha value is 0.210. The normalized spacial score (nSPS) is 20.1. The van der Waals surface area contributed by atoms with Crippen molar-refractivity contribution < 1.29 is 18.6 Å². The number of hydrogen-bond acceptors (Lipinski definition) is 2. The summed E-state index contributed by atoms with van der Waals surface area (Å²) in [7, 11) is 0. The molecule has 0 amide bonds. The Kier molecular flexibility index (Phi) is 7.61. The lowest BCUT2D eigenvalue weighted by molar-refractivity contribution is -0.0528. The molecule has 1 saturated heterocycles. The Bertz CT molecular complexity index is 141. The van der Waals surface area contributed by atoms with Crippen LogP contribution in [0.2, 0.25) is 0 Å². The summed E-state index contributed by atoms with van der Waals surface area (Å²) in [5.41, 5.74) is 0.166. The smallest absolute Gasteiger partial charge is 1.00 e. The average Bonchev–Trinajstić information content (AvgIpc) is 2.14. The molecule has 0 saturated carbocycles. The van der Waals surface area contributed by atoms with Gasteiger partial charge in [0.25, 0.3) is 0 Å². The van der Waals surface area contributed by atoms with Gasteiger partial charge in [0.05, 0.1) is 5.60 Å². The second-order valence-corrected chi connectivity index (χ2v) is 4.26. The molecule has 0 aromatic carbocycles. The van der Waals surface area contributed by atoms with Crippen LogP contribution in [0.3, 0.4) is 0 Å². The Labute approximate surface area is 95.7 Å². The minimum Gasteiger partial charge on any atom is -1.00 e. The Balaban J connectivity index is 0. The van der Waals surface area contributed by atoms with Crippen molar-refractivity contribution in [3.8, 4) is 0 Å². The molecule has 0 spiro atoms. The van der Waals surface area contributed by atoms with Crippen molar-refractivity contribution in [2.24, 2.45) is 0 Å². The average molecular weight is 222 g/mol. The van der Waals surface area contributed by atoms with E-state index in [0.717, 1.165) is 19.7 Å². The van der Waals surface area contributed by atoms with Crippen molar-refractivity contribution in [2.45, 2.75) is 51.6 Å². The van der Waals surface area contributed by atoms with Crippen LogP contribution in [0.15, 0.2) is 0 Å². The van der Waals surface area contributed by atoms with E-state index in [1.807, 2.05) is 0 Å². The third-order valence-corrected chi connectivity index (χ3v) is 2.86. The molecule has 0 unspecified atom stereocenters. The van der Waals surface area contributed by atoms with Gasteiger partial charge >= 0.3 is 1.43 Å². The molecule has 1 fully saturated rings. The van der Waals surface area contributed by atoms with Crippen LogP contribution in [0.1, 0.15) is 47.4 Å². The summed E-state index contributed by atoms with van der Waals surface area (Å²) in [6.07, 6.45) is 6.13.